The van der Waals surface area contributed by atoms with Gasteiger partial charge in [0, 0.05) is 31.4 Å². The summed E-state index contributed by atoms with van der Waals surface area (Å²) >= 11 is 0. The largest absolute Gasteiger partial charge is 0.375 e. The molecule has 0 spiro atoms. The van der Waals surface area contributed by atoms with Crippen molar-refractivity contribution < 1.29 is 13.2 Å². The van der Waals surface area contributed by atoms with E-state index in [0.717, 1.165) is 5.56 Å². The number of nitrogens with zero attached hydrogens (tertiary/aromatic N) is 1. The van der Waals surface area contributed by atoms with Crippen molar-refractivity contribution >= 4 is 21.1 Å². The van der Waals surface area contributed by atoms with Crippen LogP contribution in [0.5, 0.6) is 0 Å². The van der Waals surface area contributed by atoms with Crippen LogP contribution in [0.1, 0.15) is 11.7 Å². The standard InChI is InChI=1S/C16H17N3O3S/c1-22-14(12-6-3-2-4-7-12)10-19-23(20,21)15-11-18-16-13(15)8-5-9-17-16/h2-9,11,14,19H,10H2,1H3,(H,17,18). The molecular weight excluding hydrogens is 314 g/mol. The van der Waals surface area contributed by atoms with Crippen LogP contribution in [-0.2, 0) is 14.8 Å². The summed E-state index contributed by atoms with van der Waals surface area (Å²) in [4.78, 5) is 7.15. The van der Waals surface area contributed by atoms with E-state index in [9.17, 15) is 8.42 Å². The monoisotopic (exact) mass is 331 g/mol. The molecule has 0 radical (unpaired) electrons. The molecule has 0 saturated heterocycles. The molecule has 0 bridgehead atoms. The minimum atomic E-state index is -3.66. The highest BCUT2D eigenvalue weighted by Crippen LogP contribution is 2.21. The quantitative estimate of drug-likeness (QED) is 0.725. The third kappa shape index (κ3) is 3.26. The van der Waals surface area contributed by atoms with Crippen LogP contribution >= 0.6 is 0 Å². The second-order valence-electron chi connectivity index (χ2n) is 5.04. The lowest BCUT2D eigenvalue weighted by Gasteiger charge is -2.16. The number of benzene rings is 1. The first kappa shape index (κ1) is 15.7. The van der Waals surface area contributed by atoms with Gasteiger partial charge < -0.3 is 9.72 Å². The molecule has 2 heterocycles. The molecule has 6 nitrogen and oxygen atoms in total. The Morgan fingerprint density at radius 2 is 2.00 bits per heavy atom. The topological polar surface area (TPSA) is 84.1 Å². The first-order chi connectivity index (χ1) is 11.1. The summed E-state index contributed by atoms with van der Waals surface area (Å²) < 4.78 is 33.1. The second kappa shape index (κ2) is 6.49. The van der Waals surface area contributed by atoms with E-state index in [1.807, 2.05) is 30.3 Å². The Morgan fingerprint density at radius 1 is 1.22 bits per heavy atom. The number of aromatic amines is 1. The van der Waals surface area contributed by atoms with Crippen LogP contribution in [0.25, 0.3) is 11.0 Å². The van der Waals surface area contributed by atoms with E-state index in [1.54, 1.807) is 25.4 Å². The SMILES string of the molecule is COC(CNS(=O)(=O)c1c[nH]c2ncccc12)c1ccccc1. The summed E-state index contributed by atoms with van der Waals surface area (Å²) in [6, 6.07) is 12.9. The molecule has 0 amide bonds. The highest BCUT2D eigenvalue weighted by Gasteiger charge is 2.21. The Bertz CT molecular complexity index is 891. The van der Waals surface area contributed by atoms with Crippen LogP contribution in [0.15, 0.2) is 59.8 Å². The summed E-state index contributed by atoms with van der Waals surface area (Å²) in [5, 5.41) is 0.564. The Hall–Kier alpha value is -2.22. The zero-order valence-electron chi connectivity index (χ0n) is 12.6. The minimum absolute atomic E-state index is 0.149. The van der Waals surface area contributed by atoms with Gasteiger partial charge in [0.25, 0.3) is 0 Å². The lowest BCUT2D eigenvalue weighted by Crippen LogP contribution is -2.29. The molecule has 23 heavy (non-hydrogen) atoms. The van der Waals surface area contributed by atoms with Crippen molar-refractivity contribution in [1.29, 1.82) is 0 Å². The lowest BCUT2D eigenvalue weighted by atomic mass is 10.1. The normalized spacial score (nSPS) is 13.3. The number of H-pyrrole nitrogens is 1. The van der Waals surface area contributed by atoms with Crippen molar-refractivity contribution in [2.45, 2.75) is 11.0 Å². The van der Waals surface area contributed by atoms with Gasteiger partial charge in [-0.25, -0.2) is 18.1 Å². The molecule has 1 atom stereocenters. The van der Waals surface area contributed by atoms with Crippen molar-refractivity contribution in [2.75, 3.05) is 13.7 Å². The summed E-state index contributed by atoms with van der Waals surface area (Å²) in [7, 11) is -2.10. The number of hydrogen-bond acceptors (Lipinski definition) is 4. The van der Waals surface area contributed by atoms with Crippen LogP contribution in [0.3, 0.4) is 0 Å². The average molecular weight is 331 g/mol. The maximum atomic E-state index is 12.5. The zero-order chi connectivity index (χ0) is 16.3. The molecule has 0 fully saturated rings. The molecule has 3 rings (SSSR count). The first-order valence-corrected chi connectivity index (χ1v) is 8.59. The van der Waals surface area contributed by atoms with Crippen LogP contribution in [0.4, 0.5) is 0 Å². The maximum Gasteiger partial charge on any atom is 0.242 e. The van der Waals surface area contributed by atoms with Gasteiger partial charge >= 0.3 is 0 Å². The fourth-order valence-electron chi connectivity index (χ4n) is 2.42. The van der Waals surface area contributed by atoms with Crippen LogP contribution in [0, 0.1) is 0 Å². The molecular formula is C16H17N3O3S. The first-order valence-electron chi connectivity index (χ1n) is 7.11. The van der Waals surface area contributed by atoms with E-state index < -0.39 is 10.0 Å². The number of hydrogen-bond donors (Lipinski definition) is 2. The third-order valence-corrected chi connectivity index (χ3v) is 5.08. The van der Waals surface area contributed by atoms with E-state index in [2.05, 4.69) is 14.7 Å². The summed E-state index contributed by atoms with van der Waals surface area (Å²) in [6.07, 6.45) is 2.71. The van der Waals surface area contributed by atoms with Gasteiger partial charge in [-0.15, -0.1) is 0 Å². The number of fused-ring (bicyclic) bond motifs is 1. The Morgan fingerprint density at radius 3 is 2.74 bits per heavy atom. The molecule has 1 aromatic carbocycles. The predicted molar refractivity (Wildman–Crippen MR) is 87.5 cm³/mol. The van der Waals surface area contributed by atoms with Gasteiger partial charge in [-0.1, -0.05) is 30.3 Å². The average Bonchev–Trinajstić information content (AvgIpc) is 3.01. The fourth-order valence-corrected chi connectivity index (χ4v) is 3.62. The van der Waals surface area contributed by atoms with E-state index in [1.165, 1.54) is 6.20 Å². The number of nitrogens with one attached hydrogen (secondary N) is 2. The zero-order valence-corrected chi connectivity index (χ0v) is 13.4. The van der Waals surface area contributed by atoms with E-state index >= 15 is 0 Å². The molecule has 0 aliphatic carbocycles. The van der Waals surface area contributed by atoms with Gasteiger partial charge in [0.15, 0.2) is 0 Å². The van der Waals surface area contributed by atoms with Gasteiger partial charge in [0.2, 0.25) is 10.0 Å². The van der Waals surface area contributed by atoms with Crippen LogP contribution < -0.4 is 4.72 Å². The van der Waals surface area contributed by atoms with Gasteiger partial charge in [-0.3, -0.25) is 0 Å². The minimum Gasteiger partial charge on any atom is -0.375 e. The predicted octanol–water partition coefficient (Wildman–Crippen LogP) is 2.23. The van der Waals surface area contributed by atoms with Gasteiger partial charge in [0.05, 0.1) is 6.10 Å². The number of ether oxygens (including phenoxy) is 1. The molecule has 0 aliphatic rings. The Kier molecular flexibility index (Phi) is 4.42. The van der Waals surface area contributed by atoms with Crippen molar-refractivity contribution in [3.8, 4) is 0 Å². The van der Waals surface area contributed by atoms with Crippen molar-refractivity contribution in [3.63, 3.8) is 0 Å². The molecule has 0 aliphatic heterocycles. The molecule has 2 N–H and O–H groups in total. The number of methoxy groups -OCH3 is 1. The van der Waals surface area contributed by atoms with Gasteiger partial charge in [-0.2, -0.15) is 0 Å². The number of rotatable bonds is 6. The fraction of sp³-hybridized carbons (Fsp3) is 0.188. The van der Waals surface area contributed by atoms with E-state index in [4.69, 9.17) is 4.74 Å². The molecule has 0 saturated carbocycles. The summed E-state index contributed by atoms with van der Waals surface area (Å²) in [5.74, 6) is 0. The molecule has 1 unspecified atom stereocenters. The third-order valence-electron chi connectivity index (χ3n) is 3.62. The number of sulfonamides is 1. The summed E-state index contributed by atoms with van der Waals surface area (Å²) in [6.45, 7) is 0.149. The number of pyridine rings is 1. The highest BCUT2D eigenvalue weighted by atomic mass is 32.2. The Balaban J connectivity index is 1.81. The Labute approximate surface area is 134 Å². The second-order valence-corrected chi connectivity index (χ2v) is 6.77. The molecule has 2 aromatic heterocycles. The smallest absolute Gasteiger partial charge is 0.242 e. The van der Waals surface area contributed by atoms with E-state index in [0.29, 0.717) is 11.0 Å². The highest BCUT2D eigenvalue weighted by molar-refractivity contribution is 7.89. The van der Waals surface area contributed by atoms with Crippen molar-refractivity contribution in [3.05, 3.63) is 60.4 Å². The number of aromatic nitrogens is 2. The summed E-state index contributed by atoms with van der Waals surface area (Å²) in [5.41, 5.74) is 1.46. The van der Waals surface area contributed by atoms with Gasteiger partial charge in [0.1, 0.15) is 10.5 Å². The maximum absolute atomic E-state index is 12.5. The lowest BCUT2D eigenvalue weighted by molar-refractivity contribution is 0.107. The molecule has 3 aromatic rings. The van der Waals surface area contributed by atoms with E-state index in [-0.39, 0.29) is 17.5 Å². The molecule has 120 valence electrons. The van der Waals surface area contributed by atoms with Crippen LogP contribution in [0.2, 0.25) is 0 Å². The van der Waals surface area contributed by atoms with Crippen LogP contribution in [-0.4, -0.2) is 32.0 Å². The van der Waals surface area contributed by atoms with Gasteiger partial charge in [-0.05, 0) is 17.7 Å². The van der Waals surface area contributed by atoms with Crippen molar-refractivity contribution in [1.82, 2.24) is 14.7 Å². The molecule has 7 heteroatoms. The van der Waals surface area contributed by atoms with Crippen molar-refractivity contribution in [2.24, 2.45) is 0 Å².